The van der Waals surface area contributed by atoms with Crippen molar-refractivity contribution in [1.29, 1.82) is 0 Å². The fourth-order valence-electron chi connectivity index (χ4n) is 4.11. The summed E-state index contributed by atoms with van der Waals surface area (Å²) in [5.74, 6) is 1.45. The first-order valence-electron chi connectivity index (χ1n) is 11.3. The number of benzene rings is 4. The SMILES string of the molecule is CC(C)(c1ccc(OCCO)c(Br)c1)c1ccc(OCCO)c(-c2ccc3ccccc3c2)c1. The first-order valence-corrected chi connectivity index (χ1v) is 12.1. The average Bonchev–Trinajstić information content (AvgIpc) is 2.86. The van der Waals surface area contributed by atoms with Crippen LogP contribution >= 0.6 is 15.9 Å². The van der Waals surface area contributed by atoms with Gasteiger partial charge in [-0.3, -0.25) is 0 Å². The minimum Gasteiger partial charge on any atom is -0.491 e. The lowest BCUT2D eigenvalue weighted by molar-refractivity contribution is 0.200. The van der Waals surface area contributed by atoms with E-state index in [0.717, 1.165) is 32.5 Å². The molecule has 0 saturated heterocycles. The Morgan fingerprint density at radius 1 is 0.706 bits per heavy atom. The largest absolute Gasteiger partial charge is 0.491 e. The topological polar surface area (TPSA) is 58.9 Å². The second-order valence-electron chi connectivity index (χ2n) is 8.69. The van der Waals surface area contributed by atoms with E-state index in [2.05, 4.69) is 84.4 Å². The zero-order valence-electron chi connectivity index (χ0n) is 19.4. The zero-order valence-corrected chi connectivity index (χ0v) is 21.0. The quantitative estimate of drug-likeness (QED) is 0.270. The Kier molecular flexibility index (Phi) is 7.57. The van der Waals surface area contributed by atoms with Gasteiger partial charge in [0.2, 0.25) is 0 Å². The van der Waals surface area contributed by atoms with E-state index in [1.54, 1.807) is 0 Å². The Labute approximate surface area is 208 Å². The smallest absolute Gasteiger partial charge is 0.133 e. The van der Waals surface area contributed by atoms with E-state index in [9.17, 15) is 5.11 Å². The summed E-state index contributed by atoms with van der Waals surface area (Å²) in [5.41, 5.74) is 4.04. The first-order chi connectivity index (χ1) is 16.4. The number of ether oxygens (including phenoxy) is 2. The zero-order chi connectivity index (χ0) is 24.1. The molecular formula is C29H29BrO4. The van der Waals surface area contributed by atoms with Crippen LogP contribution in [0, 0.1) is 0 Å². The molecule has 4 aromatic carbocycles. The number of aliphatic hydroxyl groups is 2. The minimum absolute atomic E-state index is 0.0259. The molecule has 176 valence electrons. The summed E-state index contributed by atoms with van der Waals surface area (Å²) in [5, 5.41) is 20.7. The van der Waals surface area contributed by atoms with Crippen LogP contribution in [0.25, 0.3) is 21.9 Å². The third kappa shape index (κ3) is 5.12. The predicted octanol–water partition coefficient (Wildman–Crippen LogP) is 6.34. The molecule has 2 N–H and O–H groups in total. The lowest BCUT2D eigenvalue weighted by atomic mass is 9.77. The number of halogens is 1. The van der Waals surface area contributed by atoms with Gasteiger partial charge in [-0.25, -0.2) is 0 Å². The molecule has 0 aliphatic heterocycles. The van der Waals surface area contributed by atoms with Crippen molar-refractivity contribution in [2.45, 2.75) is 19.3 Å². The summed E-state index contributed by atoms with van der Waals surface area (Å²) in [6.07, 6.45) is 0. The molecule has 0 bridgehead atoms. The van der Waals surface area contributed by atoms with Crippen molar-refractivity contribution in [1.82, 2.24) is 0 Å². The molecule has 5 heteroatoms. The van der Waals surface area contributed by atoms with Crippen LogP contribution in [-0.2, 0) is 5.41 Å². The van der Waals surface area contributed by atoms with Gasteiger partial charge < -0.3 is 19.7 Å². The van der Waals surface area contributed by atoms with Gasteiger partial charge >= 0.3 is 0 Å². The molecule has 0 atom stereocenters. The van der Waals surface area contributed by atoms with E-state index in [4.69, 9.17) is 14.6 Å². The molecular weight excluding hydrogens is 492 g/mol. The van der Waals surface area contributed by atoms with E-state index in [1.165, 1.54) is 10.8 Å². The molecule has 34 heavy (non-hydrogen) atoms. The van der Waals surface area contributed by atoms with Crippen molar-refractivity contribution in [3.05, 3.63) is 94.5 Å². The van der Waals surface area contributed by atoms with Crippen molar-refractivity contribution >= 4 is 26.7 Å². The summed E-state index contributed by atoms with van der Waals surface area (Å²) in [6, 6.07) is 27.0. The molecule has 0 aliphatic carbocycles. The van der Waals surface area contributed by atoms with Gasteiger partial charge in [0.05, 0.1) is 17.7 Å². The first kappa shape index (κ1) is 24.3. The van der Waals surface area contributed by atoms with E-state index in [0.29, 0.717) is 5.75 Å². The van der Waals surface area contributed by atoms with Crippen molar-refractivity contribution < 1.29 is 19.7 Å². The van der Waals surface area contributed by atoms with E-state index < -0.39 is 0 Å². The summed E-state index contributed by atoms with van der Waals surface area (Å²) in [6.45, 7) is 4.82. The van der Waals surface area contributed by atoms with Crippen LogP contribution in [0.15, 0.2) is 83.3 Å². The number of aliphatic hydroxyl groups excluding tert-OH is 2. The van der Waals surface area contributed by atoms with Gasteiger partial charge in [0.1, 0.15) is 24.7 Å². The van der Waals surface area contributed by atoms with Crippen LogP contribution in [0.5, 0.6) is 11.5 Å². The van der Waals surface area contributed by atoms with Crippen molar-refractivity contribution in [2.75, 3.05) is 26.4 Å². The number of hydrogen-bond donors (Lipinski definition) is 2. The van der Waals surface area contributed by atoms with Crippen LogP contribution in [0.3, 0.4) is 0 Å². The molecule has 4 rings (SSSR count). The summed E-state index contributed by atoms with van der Waals surface area (Å²) in [4.78, 5) is 0. The highest BCUT2D eigenvalue weighted by Gasteiger charge is 2.25. The molecule has 0 unspecified atom stereocenters. The predicted molar refractivity (Wildman–Crippen MR) is 141 cm³/mol. The maximum Gasteiger partial charge on any atom is 0.133 e. The molecule has 0 amide bonds. The lowest BCUT2D eigenvalue weighted by Crippen LogP contribution is -2.19. The van der Waals surface area contributed by atoms with Gasteiger partial charge in [0, 0.05) is 11.0 Å². The summed E-state index contributed by atoms with van der Waals surface area (Å²) >= 11 is 3.61. The third-order valence-electron chi connectivity index (χ3n) is 6.11. The van der Waals surface area contributed by atoms with Gasteiger partial charge in [0.25, 0.3) is 0 Å². The van der Waals surface area contributed by atoms with Gasteiger partial charge in [0.15, 0.2) is 0 Å². The van der Waals surface area contributed by atoms with Crippen molar-refractivity contribution in [3.63, 3.8) is 0 Å². The van der Waals surface area contributed by atoms with Crippen molar-refractivity contribution in [3.8, 4) is 22.6 Å². The highest BCUT2D eigenvalue weighted by molar-refractivity contribution is 9.10. The molecule has 0 saturated carbocycles. The average molecular weight is 521 g/mol. The molecule has 0 spiro atoms. The molecule has 0 aliphatic rings. The van der Waals surface area contributed by atoms with Gasteiger partial charge in [-0.1, -0.05) is 62.4 Å². The molecule has 0 heterocycles. The number of hydrogen-bond acceptors (Lipinski definition) is 4. The Hall–Kier alpha value is -2.86. The monoisotopic (exact) mass is 520 g/mol. The van der Waals surface area contributed by atoms with Crippen LogP contribution in [0.2, 0.25) is 0 Å². The fourth-order valence-corrected chi connectivity index (χ4v) is 4.60. The second kappa shape index (κ2) is 10.6. The minimum atomic E-state index is -0.293. The molecule has 0 aromatic heterocycles. The highest BCUT2D eigenvalue weighted by atomic mass is 79.9. The Balaban J connectivity index is 1.76. The Morgan fingerprint density at radius 3 is 2.00 bits per heavy atom. The Morgan fingerprint density at radius 2 is 1.32 bits per heavy atom. The molecule has 4 nitrogen and oxygen atoms in total. The number of fused-ring (bicyclic) bond motifs is 1. The van der Waals surface area contributed by atoms with Crippen LogP contribution < -0.4 is 9.47 Å². The maximum atomic E-state index is 9.31. The standard InChI is InChI=1S/C29H29BrO4/c1-29(2,24-10-12-28(26(30)19-24)34-16-14-32)23-9-11-27(33-15-13-31)25(18-23)22-8-7-20-5-3-4-6-21(20)17-22/h3-12,17-19,31-32H,13-16H2,1-2H3. The molecule has 0 fully saturated rings. The fraction of sp³-hybridized carbons (Fsp3) is 0.241. The van der Waals surface area contributed by atoms with E-state index in [-0.39, 0.29) is 31.8 Å². The Bertz CT molecular complexity index is 1280. The van der Waals surface area contributed by atoms with Gasteiger partial charge in [-0.15, -0.1) is 0 Å². The van der Waals surface area contributed by atoms with E-state index in [1.807, 2.05) is 24.3 Å². The molecule has 0 radical (unpaired) electrons. The van der Waals surface area contributed by atoms with Crippen LogP contribution in [0.1, 0.15) is 25.0 Å². The summed E-state index contributed by atoms with van der Waals surface area (Å²) < 4.78 is 12.3. The number of rotatable bonds is 9. The normalized spacial score (nSPS) is 11.6. The highest BCUT2D eigenvalue weighted by Crippen LogP contribution is 2.40. The van der Waals surface area contributed by atoms with Crippen molar-refractivity contribution in [2.24, 2.45) is 0 Å². The van der Waals surface area contributed by atoms with Gasteiger partial charge in [-0.05, 0) is 73.7 Å². The second-order valence-corrected chi connectivity index (χ2v) is 9.54. The third-order valence-corrected chi connectivity index (χ3v) is 6.73. The van der Waals surface area contributed by atoms with Crippen LogP contribution in [-0.4, -0.2) is 36.6 Å². The van der Waals surface area contributed by atoms with Gasteiger partial charge in [-0.2, -0.15) is 0 Å². The van der Waals surface area contributed by atoms with E-state index >= 15 is 0 Å². The molecule has 4 aromatic rings. The maximum absolute atomic E-state index is 9.31. The van der Waals surface area contributed by atoms with Crippen LogP contribution in [0.4, 0.5) is 0 Å². The lowest BCUT2D eigenvalue weighted by Gasteiger charge is -2.28. The summed E-state index contributed by atoms with van der Waals surface area (Å²) in [7, 11) is 0.